The zero-order valence-electron chi connectivity index (χ0n) is 52.3. The maximum absolute atomic E-state index is 13.0. The molecule has 0 radical (unpaired) electrons. The molecule has 4 aliphatic rings. The van der Waals surface area contributed by atoms with Crippen molar-refractivity contribution in [2.75, 3.05) is 0 Å². The van der Waals surface area contributed by atoms with Gasteiger partial charge in [-0.2, -0.15) is 8.78 Å². The van der Waals surface area contributed by atoms with E-state index in [4.69, 9.17) is 18.9 Å². The molecule has 0 saturated carbocycles. The highest BCUT2D eigenvalue weighted by molar-refractivity contribution is 7.97. The molecule has 1 N–H and O–H groups in total. The molecule has 3 aliphatic heterocycles. The molecule has 7 atom stereocenters. The van der Waals surface area contributed by atoms with Crippen LogP contribution in [0.3, 0.4) is 0 Å². The van der Waals surface area contributed by atoms with Crippen molar-refractivity contribution in [3.63, 3.8) is 0 Å². The van der Waals surface area contributed by atoms with Gasteiger partial charge in [-0.15, -0.1) is 0 Å². The first-order valence-corrected chi connectivity index (χ1v) is 32.5. The second-order valence-electron chi connectivity index (χ2n) is 24.8. The van der Waals surface area contributed by atoms with Crippen LogP contribution in [0, 0.1) is 22.2 Å². The Bertz CT molecular complexity index is 3270. The minimum Gasteiger partial charge on any atom is -0.743 e. The molecule has 470 valence electrons. The summed E-state index contributed by atoms with van der Waals surface area (Å²) in [7, 11) is -5.87. The van der Waals surface area contributed by atoms with Crippen molar-refractivity contribution >= 4 is 55.7 Å². The molecule has 87 heavy (non-hydrogen) atoms. The number of ether oxygens (including phenoxy) is 5. The number of hydrogen-bond donors (Lipinski definition) is 1. The van der Waals surface area contributed by atoms with Crippen molar-refractivity contribution in [2.24, 2.45) is 22.2 Å². The van der Waals surface area contributed by atoms with Crippen molar-refractivity contribution in [2.45, 2.75) is 197 Å². The summed E-state index contributed by atoms with van der Waals surface area (Å²) in [6.07, 6.45) is 1.76. The number of hydrogen-bond acceptors (Lipinski definition) is 13. The molecule has 3 fully saturated rings. The van der Waals surface area contributed by atoms with E-state index in [9.17, 15) is 46.0 Å². The fraction of sp³-hybridized carbons (Fsp3) is 0.457. The molecule has 0 spiro atoms. The normalized spacial score (nSPS) is 19.6. The van der Waals surface area contributed by atoms with Gasteiger partial charge in [-0.1, -0.05) is 138 Å². The van der Waals surface area contributed by atoms with E-state index in [0.29, 0.717) is 37.9 Å². The van der Waals surface area contributed by atoms with Gasteiger partial charge in [0.25, 0.3) is 0 Å². The van der Waals surface area contributed by atoms with Gasteiger partial charge in [-0.3, -0.25) is 19.2 Å². The van der Waals surface area contributed by atoms with E-state index in [0.717, 1.165) is 31.1 Å². The van der Waals surface area contributed by atoms with Crippen molar-refractivity contribution < 1.29 is 69.7 Å². The molecule has 2 bridgehead atoms. The van der Waals surface area contributed by atoms with Crippen molar-refractivity contribution in [3.8, 4) is 5.75 Å². The smallest absolute Gasteiger partial charge is 0.369 e. The number of carbonyl (C=O) groups excluding carboxylic acids is 4. The minimum absolute atomic E-state index is 0.0146. The second kappa shape index (κ2) is 29.1. The lowest BCUT2D eigenvalue weighted by Gasteiger charge is -2.30. The predicted octanol–water partition coefficient (Wildman–Crippen LogP) is 14.9. The van der Waals surface area contributed by atoms with Gasteiger partial charge in [0.1, 0.15) is 17.5 Å². The van der Waals surface area contributed by atoms with E-state index >= 15 is 0 Å². The lowest BCUT2D eigenvalue weighted by Crippen LogP contribution is -2.44. The number of halogens is 2. The van der Waals surface area contributed by atoms with Gasteiger partial charge >= 0.3 is 29.1 Å². The van der Waals surface area contributed by atoms with Crippen LogP contribution in [-0.2, 0) is 76.7 Å². The molecule has 10 rings (SSSR count). The van der Waals surface area contributed by atoms with E-state index < -0.39 is 55.9 Å². The number of benzene rings is 6. The highest BCUT2D eigenvalue weighted by Gasteiger charge is 2.65. The SMILES string of the molecule is CCC(C)(C)C(=O)OC(C)C(F)(F)S(=O)(=O)[O-].CCC(C)(C)C(=O)OC1(C)Cc2ccccc2C1.CCC(C)(C)C(=O)OC1C2CC3C(=O)OC1C3O2.CCC(C)c1ccc2cc(O)ccc2c1.c1ccc([S+](c2ccccc2)c2ccccc2)cc1. The van der Waals surface area contributed by atoms with Crippen molar-refractivity contribution in [1.29, 1.82) is 0 Å². The standard InChI is InChI=1S/C18H15S.C16H22O2.C14H16O.C13H18O5.C9H16F2O5S/c1-4-10-16(11-5-1)19(17-12-6-2-7-13-17)18-14-8-3-9-15-18;1-5-15(2,3)14(17)18-16(4)10-12-8-6-7-9-13(12)11-16;1-3-10(2)11-4-5-13-9-14(15)7-6-12(13)8-11;1-4-13(2,3)12(15)18-9-7-5-6-8(16-7)10(9)17-11(6)14;1-5-8(3,4)7(12)16-6(2)9(10,11)17(13,14)15/h1-15H;6-9H,5,10-11H2,1-4H3;4-10,15H,3H2,1-2H3;6-10H,4-5H2,1-3H3;6H,5H2,1-4H3,(H,13,14,15)/q+1;;;;/p-1. The molecule has 1 aliphatic carbocycles. The highest BCUT2D eigenvalue weighted by Crippen LogP contribution is 2.48. The Morgan fingerprint density at radius 2 is 1.11 bits per heavy atom. The summed E-state index contributed by atoms with van der Waals surface area (Å²) < 4.78 is 83.5. The topological polar surface area (TPSA) is 192 Å². The van der Waals surface area contributed by atoms with Gasteiger partial charge in [0.05, 0.1) is 39.2 Å². The Hall–Kier alpha value is -6.66. The zero-order chi connectivity index (χ0) is 64.3. The van der Waals surface area contributed by atoms with E-state index in [-0.39, 0.29) is 52.5 Å². The lowest BCUT2D eigenvalue weighted by atomic mass is 9.87. The average Bonchev–Trinajstić information content (AvgIpc) is 1.65. The van der Waals surface area contributed by atoms with Crippen LogP contribution in [0.4, 0.5) is 8.78 Å². The molecule has 17 heteroatoms. The number of carbonyl (C=O) groups is 4. The van der Waals surface area contributed by atoms with Gasteiger partial charge in [0.2, 0.25) is 0 Å². The van der Waals surface area contributed by atoms with Crippen LogP contribution in [0.25, 0.3) is 10.8 Å². The number of esters is 4. The molecule has 0 aromatic heterocycles. The van der Waals surface area contributed by atoms with Crippen LogP contribution in [0.5, 0.6) is 5.75 Å². The Kier molecular flexibility index (Phi) is 23.2. The monoisotopic (exact) mass is 1240 g/mol. The van der Waals surface area contributed by atoms with Crippen LogP contribution < -0.4 is 0 Å². The van der Waals surface area contributed by atoms with E-state index in [1.165, 1.54) is 50.6 Å². The number of fused-ring (bicyclic) bond motifs is 3. The Morgan fingerprint density at radius 1 is 0.667 bits per heavy atom. The second-order valence-corrected chi connectivity index (χ2v) is 28.3. The van der Waals surface area contributed by atoms with E-state index in [2.05, 4.69) is 140 Å². The fourth-order valence-electron chi connectivity index (χ4n) is 9.77. The maximum Gasteiger partial charge on any atom is 0.369 e. The summed E-state index contributed by atoms with van der Waals surface area (Å²) in [4.78, 5) is 51.3. The van der Waals surface area contributed by atoms with Crippen LogP contribution in [0.15, 0.2) is 166 Å². The van der Waals surface area contributed by atoms with Crippen molar-refractivity contribution in [3.05, 3.63) is 168 Å². The minimum atomic E-state index is -5.86. The van der Waals surface area contributed by atoms with Gasteiger partial charge < -0.3 is 33.3 Å². The molecule has 13 nitrogen and oxygen atoms in total. The molecule has 3 heterocycles. The quantitative estimate of drug-likeness (QED) is 0.0417. The summed E-state index contributed by atoms with van der Waals surface area (Å²) in [5.74, 6) is -0.723. The Labute approximate surface area is 516 Å². The third kappa shape index (κ3) is 17.4. The van der Waals surface area contributed by atoms with Crippen LogP contribution in [-0.4, -0.2) is 83.3 Å². The van der Waals surface area contributed by atoms with Gasteiger partial charge in [-0.05, 0) is 169 Å². The van der Waals surface area contributed by atoms with E-state index in [1.54, 1.807) is 19.1 Å². The van der Waals surface area contributed by atoms with Gasteiger partial charge in [0, 0.05) is 12.8 Å². The molecule has 6 aromatic carbocycles. The number of alkyl halides is 2. The van der Waals surface area contributed by atoms with Crippen LogP contribution in [0.2, 0.25) is 0 Å². The maximum atomic E-state index is 13.0. The lowest BCUT2D eigenvalue weighted by molar-refractivity contribution is -0.170. The third-order valence-corrected chi connectivity index (χ3v) is 20.2. The Morgan fingerprint density at radius 3 is 1.59 bits per heavy atom. The number of rotatable bonds is 16. The summed E-state index contributed by atoms with van der Waals surface area (Å²) in [5.41, 5.74) is 1.70. The Balaban J connectivity index is 0.000000174. The summed E-state index contributed by atoms with van der Waals surface area (Å²) in [6.45, 7) is 23.3. The summed E-state index contributed by atoms with van der Waals surface area (Å²) in [5, 5.41) is 7.02. The fourth-order valence-corrected chi connectivity index (χ4v) is 12.3. The largest absolute Gasteiger partial charge is 0.743 e. The van der Waals surface area contributed by atoms with E-state index in [1.807, 2.05) is 66.7 Å². The number of phenols is 1. The number of aromatic hydroxyl groups is 1. The zero-order valence-corrected chi connectivity index (χ0v) is 54.0. The molecule has 0 amide bonds. The van der Waals surface area contributed by atoms with Gasteiger partial charge in [0.15, 0.2) is 43.1 Å². The first-order chi connectivity index (χ1) is 40.8. The van der Waals surface area contributed by atoms with Gasteiger partial charge in [-0.25, -0.2) is 8.42 Å². The van der Waals surface area contributed by atoms with Crippen LogP contribution in [0.1, 0.15) is 145 Å². The molecular weight excluding hydrogens is 1150 g/mol. The number of phenolic OH excluding ortho intramolecular Hbond substituents is 1. The molecule has 3 saturated heterocycles. The third-order valence-electron chi connectivity index (χ3n) is 17.0. The molecule has 6 aromatic rings. The summed E-state index contributed by atoms with van der Waals surface area (Å²) >= 11 is 0. The highest BCUT2D eigenvalue weighted by atomic mass is 32.2. The first-order valence-electron chi connectivity index (χ1n) is 29.9. The van der Waals surface area contributed by atoms with Crippen molar-refractivity contribution in [1.82, 2.24) is 0 Å². The average molecular weight is 1240 g/mol. The summed E-state index contributed by atoms with van der Waals surface area (Å²) in [6, 6.07) is 52.4. The molecule has 7 unspecified atom stereocenters. The predicted molar refractivity (Wildman–Crippen MR) is 333 cm³/mol. The van der Waals surface area contributed by atoms with Crippen LogP contribution >= 0.6 is 0 Å². The first kappa shape index (κ1) is 69.4. The molecular formula is C70H86F2O13S2.